The second kappa shape index (κ2) is 5.14. The van der Waals surface area contributed by atoms with Crippen LogP contribution in [0.4, 0.5) is 5.69 Å². The van der Waals surface area contributed by atoms with Crippen molar-refractivity contribution in [3.63, 3.8) is 0 Å². The second-order valence-electron chi connectivity index (χ2n) is 5.98. The van der Waals surface area contributed by atoms with Crippen LogP contribution >= 0.6 is 0 Å². The van der Waals surface area contributed by atoms with E-state index in [9.17, 15) is 9.59 Å². The standard InChI is InChI=1S/C16H19N3O3/c1-9-7-18(8-12(9)17)13-5-6-19-14(10(13)2)4-3-11(15(19)20)16(21)22/h3-6,9,12H,7-8,17H2,1-2H3,(H,21,22). The van der Waals surface area contributed by atoms with Gasteiger partial charge in [0.15, 0.2) is 0 Å². The molecule has 1 aliphatic heterocycles. The molecule has 3 rings (SSSR count). The first-order chi connectivity index (χ1) is 10.4. The average Bonchev–Trinajstić information content (AvgIpc) is 2.79. The number of fused-ring (bicyclic) bond motifs is 1. The fourth-order valence-electron chi connectivity index (χ4n) is 3.10. The monoisotopic (exact) mass is 301 g/mol. The minimum absolute atomic E-state index is 0.146. The molecule has 1 aliphatic rings. The van der Waals surface area contributed by atoms with E-state index in [4.69, 9.17) is 10.8 Å². The van der Waals surface area contributed by atoms with Gasteiger partial charge in [0.05, 0.1) is 5.52 Å². The van der Waals surface area contributed by atoms with Crippen LogP contribution < -0.4 is 16.2 Å². The van der Waals surface area contributed by atoms with E-state index in [1.807, 2.05) is 13.0 Å². The summed E-state index contributed by atoms with van der Waals surface area (Å²) in [5.41, 5.74) is 8.08. The molecule has 2 aromatic heterocycles. The number of pyridine rings is 2. The van der Waals surface area contributed by atoms with E-state index in [0.717, 1.165) is 29.9 Å². The molecule has 6 heteroatoms. The molecule has 22 heavy (non-hydrogen) atoms. The summed E-state index contributed by atoms with van der Waals surface area (Å²) in [6.07, 6.45) is 1.64. The lowest BCUT2D eigenvalue weighted by molar-refractivity contribution is 0.0695. The molecule has 0 aliphatic carbocycles. The zero-order valence-corrected chi connectivity index (χ0v) is 12.6. The Hall–Kier alpha value is -2.34. The van der Waals surface area contributed by atoms with Gasteiger partial charge >= 0.3 is 5.97 Å². The summed E-state index contributed by atoms with van der Waals surface area (Å²) >= 11 is 0. The number of carboxylic acid groups (broad SMARTS) is 1. The molecule has 2 aromatic rings. The molecule has 0 spiro atoms. The van der Waals surface area contributed by atoms with Crippen LogP contribution in [-0.2, 0) is 0 Å². The maximum Gasteiger partial charge on any atom is 0.341 e. The molecule has 0 radical (unpaired) electrons. The average molecular weight is 301 g/mol. The number of hydrogen-bond acceptors (Lipinski definition) is 4. The smallest absolute Gasteiger partial charge is 0.341 e. The van der Waals surface area contributed by atoms with Crippen molar-refractivity contribution >= 4 is 17.2 Å². The van der Waals surface area contributed by atoms with Gasteiger partial charge in [-0.2, -0.15) is 0 Å². The van der Waals surface area contributed by atoms with Gasteiger partial charge in [-0.3, -0.25) is 9.20 Å². The lowest BCUT2D eigenvalue weighted by Crippen LogP contribution is -2.29. The maximum absolute atomic E-state index is 12.2. The molecule has 2 atom stereocenters. The lowest BCUT2D eigenvalue weighted by atomic mass is 10.1. The third-order valence-corrected chi connectivity index (χ3v) is 4.51. The highest BCUT2D eigenvalue weighted by molar-refractivity contribution is 5.88. The van der Waals surface area contributed by atoms with Crippen molar-refractivity contribution in [2.75, 3.05) is 18.0 Å². The molecular weight excluding hydrogens is 282 g/mol. The van der Waals surface area contributed by atoms with Gasteiger partial charge in [-0.15, -0.1) is 0 Å². The number of aryl methyl sites for hydroxylation is 1. The summed E-state index contributed by atoms with van der Waals surface area (Å²) < 4.78 is 1.39. The van der Waals surface area contributed by atoms with Crippen molar-refractivity contribution < 1.29 is 9.90 Å². The molecule has 0 aromatic carbocycles. The van der Waals surface area contributed by atoms with Crippen LogP contribution in [0.3, 0.4) is 0 Å². The maximum atomic E-state index is 12.2. The van der Waals surface area contributed by atoms with Gasteiger partial charge in [-0.05, 0) is 36.6 Å². The van der Waals surface area contributed by atoms with Gasteiger partial charge in [-0.1, -0.05) is 6.92 Å². The van der Waals surface area contributed by atoms with Gasteiger partial charge in [0, 0.05) is 31.0 Å². The Labute approximate surface area is 127 Å². The predicted octanol–water partition coefficient (Wildman–Crippen LogP) is 1.09. The summed E-state index contributed by atoms with van der Waals surface area (Å²) in [6, 6.07) is 5.06. The molecule has 3 N–H and O–H groups in total. The summed E-state index contributed by atoms with van der Waals surface area (Å²) in [5.74, 6) is -0.785. The first kappa shape index (κ1) is 14.6. The van der Waals surface area contributed by atoms with Crippen LogP contribution in [0, 0.1) is 12.8 Å². The number of aromatic carboxylic acids is 1. The predicted molar refractivity (Wildman–Crippen MR) is 84.7 cm³/mol. The summed E-state index contributed by atoms with van der Waals surface area (Å²) in [5, 5.41) is 9.04. The van der Waals surface area contributed by atoms with Crippen molar-refractivity contribution in [2.45, 2.75) is 19.9 Å². The Kier molecular flexibility index (Phi) is 3.41. The van der Waals surface area contributed by atoms with Gasteiger partial charge < -0.3 is 15.7 Å². The van der Waals surface area contributed by atoms with E-state index in [2.05, 4.69) is 11.8 Å². The number of carbonyl (C=O) groups is 1. The van der Waals surface area contributed by atoms with Crippen molar-refractivity contribution in [3.8, 4) is 0 Å². The quantitative estimate of drug-likeness (QED) is 0.867. The van der Waals surface area contributed by atoms with Crippen LogP contribution in [0.25, 0.3) is 5.52 Å². The lowest BCUT2D eigenvalue weighted by Gasteiger charge is -2.22. The number of nitrogens with zero attached hydrogens (tertiary/aromatic N) is 2. The summed E-state index contributed by atoms with van der Waals surface area (Å²) in [6.45, 7) is 5.75. The molecule has 2 unspecified atom stereocenters. The first-order valence-electron chi connectivity index (χ1n) is 7.29. The van der Waals surface area contributed by atoms with Crippen molar-refractivity contribution in [2.24, 2.45) is 11.7 Å². The third kappa shape index (κ3) is 2.16. The zero-order valence-electron chi connectivity index (χ0n) is 12.6. The minimum atomic E-state index is -1.21. The zero-order chi connectivity index (χ0) is 16.0. The number of nitrogens with two attached hydrogens (primary N) is 1. The van der Waals surface area contributed by atoms with Crippen LogP contribution in [0.2, 0.25) is 0 Å². The number of anilines is 1. The Morgan fingerprint density at radius 2 is 2.05 bits per heavy atom. The van der Waals surface area contributed by atoms with Gasteiger partial charge in [0.25, 0.3) is 5.56 Å². The SMILES string of the molecule is Cc1c(N2CC(C)C(N)C2)ccn2c(=O)c(C(=O)O)ccc12. The molecule has 3 heterocycles. The Balaban J connectivity index is 2.13. The molecule has 1 fully saturated rings. The topological polar surface area (TPSA) is 88.0 Å². The highest BCUT2D eigenvalue weighted by Gasteiger charge is 2.28. The Bertz CT molecular complexity index is 802. The van der Waals surface area contributed by atoms with E-state index < -0.39 is 11.5 Å². The Morgan fingerprint density at radius 1 is 1.32 bits per heavy atom. The van der Waals surface area contributed by atoms with Crippen LogP contribution in [0.15, 0.2) is 29.2 Å². The van der Waals surface area contributed by atoms with E-state index in [-0.39, 0.29) is 11.6 Å². The highest BCUT2D eigenvalue weighted by Crippen LogP contribution is 2.28. The third-order valence-electron chi connectivity index (χ3n) is 4.51. The summed E-state index contributed by atoms with van der Waals surface area (Å²) in [7, 11) is 0. The Morgan fingerprint density at radius 3 is 2.64 bits per heavy atom. The number of carboxylic acids is 1. The van der Waals surface area contributed by atoms with Gasteiger partial charge in [-0.25, -0.2) is 4.79 Å². The van der Waals surface area contributed by atoms with E-state index in [0.29, 0.717) is 5.92 Å². The number of aromatic nitrogens is 1. The highest BCUT2D eigenvalue weighted by atomic mass is 16.4. The van der Waals surface area contributed by atoms with Crippen molar-refractivity contribution in [1.82, 2.24) is 4.40 Å². The van der Waals surface area contributed by atoms with Gasteiger partial charge in [0.1, 0.15) is 5.56 Å². The van der Waals surface area contributed by atoms with Crippen LogP contribution in [-0.4, -0.2) is 34.6 Å². The van der Waals surface area contributed by atoms with E-state index in [1.54, 1.807) is 12.3 Å². The number of hydrogen-bond donors (Lipinski definition) is 2. The van der Waals surface area contributed by atoms with Crippen LogP contribution in [0.5, 0.6) is 0 Å². The van der Waals surface area contributed by atoms with Crippen molar-refractivity contribution in [3.05, 3.63) is 45.9 Å². The molecule has 0 amide bonds. The fraction of sp³-hybridized carbons (Fsp3) is 0.375. The molecule has 1 saturated heterocycles. The van der Waals surface area contributed by atoms with Crippen molar-refractivity contribution in [1.29, 1.82) is 0 Å². The summed E-state index contributed by atoms with van der Waals surface area (Å²) in [4.78, 5) is 25.5. The van der Waals surface area contributed by atoms with Crippen LogP contribution in [0.1, 0.15) is 22.8 Å². The van der Waals surface area contributed by atoms with E-state index in [1.165, 1.54) is 10.5 Å². The molecule has 0 bridgehead atoms. The largest absolute Gasteiger partial charge is 0.477 e. The minimum Gasteiger partial charge on any atom is -0.477 e. The fourth-order valence-corrected chi connectivity index (χ4v) is 3.10. The van der Waals surface area contributed by atoms with E-state index >= 15 is 0 Å². The molecular formula is C16H19N3O3. The molecule has 0 saturated carbocycles. The first-order valence-corrected chi connectivity index (χ1v) is 7.29. The molecule has 6 nitrogen and oxygen atoms in total. The normalized spacial score (nSPS) is 21.5. The second-order valence-corrected chi connectivity index (χ2v) is 5.98. The molecule has 116 valence electrons. The van der Waals surface area contributed by atoms with Gasteiger partial charge in [0.2, 0.25) is 0 Å². The number of rotatable bonds is 2.